The Balaban J connectivity index is 1.91. The van der Waals surface area contributed by atoms with Crippen molar-refractivity contribution in [1.82, 2.24) is 0 Å². The smallest absolute Gasteiger partial charge is 0.241 e. The van der Waals surface area contributed by atoms with Crippen LogP contribution in [0.1, 0.15) is 11.1 Å². The lowest BCUT2D eigenvalue weighted by atomic mass is 10.1. The summed E-state index contributed by atoms with van der Waals surface area (Å²) in [5, 5.41) is 8.97. The first kappa shape index (κ1) is 22.1. The van der Waals surface area contributed by atoms with Gasteiger partial charge in [-0.3, -0.25) is 4.79 Å². The molecule has 0 saturated carbocycles. The number of benzene rings is 3. The Labute approximate surface area is 184 Å². The standard InChI is InChI=1S/C21H18Cl2N2O4S/c1-13-9-16(25-20(26)10-14-5-2-3-8-18(14)23)12-19(30(24,27)28)21(13)29-17-7-4-6-15(22)11-17/h2-9,11-12H,10H2,1H3,(H,25,26)(H2,24,27,28). The molecule has 0 aliphatic heterocycles. The summed E-state index contributed by atoms with van der Waals surface area (Å²) in [6.07, 6.45) is 0.0319. The van der Waals surface area contributed by atoms with E-state index >= 15 is 0 Å². The summed E-state index contributed by atoms with van der Waals surface area (Å²) < 4.78 is 30.1. The third-order valence-corrected chi connectivity index (χ3v) is 5.68. The van der Waals surface area contributed by atoms with E-state index in [1.54, 1.807) is 61.5 Å². The lowest BCUT2D eigenvalue weighted by molar-refractivity contribution is -0.115. The van der Waals surface area contributed by atoms with Gasteiger partial charge in [0.2, 0.25) is 15.9 Å². The number of aryl methyl sites for hydroxylation is 1. The predicted octanol–water partition coefficient (Wildman–Crippen LogP) is 4.92. The number of carbonyl (C=O) groups excluding carboxylic acids is 1. The molecule has 156 valence electrons. The van der Waals surface area contributed by atoms with Crippen LogP contribution in [0.2, 0.25) is 10.0 Å². The van der Waals surface area contributed by atoms with Crippen molar-refractivity contribution in [3.8, 4) is 11.5 Å². The fraction of sp³-hybridized carbons (Fsp3) is 0.0952. The first-order chi connectivity index (χ1) is 14.1. The molecule has 0 spiro atoms. The van der Waals surface area contributed by atoms with Crippen molar-refractivity contribution in [2.75, 3.05) is 5.32 Å². The van der Waals surface area contributed by atoms with Crippen molar-refractivity contribution in [2.45, 2.75) is 18.2 Å². The molecule has 1 amide bonds. The van der Waals surface area contributed by atoms with Crippen LogP contribution in [0.3, 0.4) is 0 Å². The predicted molar refractivity (Wildman–Crippen MR) is 118 cm³/mol. The zero-order chi connectivity index (χ0) is 21.9. The molecule has 0 bridgehead atoms. The Morgan fingerprint density at radius 1 is 1.07 bits per heavy atom. The van der Waals surface area contributed by atoms with Crippen LogP contribution in [-0.4, -0.2) is 14.3 Å². The largest absolute Gasteiger partial charge is 0.456 e. The van der Waals surface area contributed by atoms with Gasteiger partial charge < -0.3 is 10.1 Å². The summed E-state index contributed by atoms with van der Waals surface area (Å²) in [4.78, 5) is 12.2. The first-order valence-corrected chi connectivity index (χ1v) is 11.1. The Kier molecular flexibility index (Phi) is 6.67. The summed E-state index contributed by atoms with van der Waals surface area (Å²) in [7, 11) is -4.14. The normalized spacial score (nSPS) is 11.2. The van der Waals surface area contributed by atoms with E-state index in [0.717, 1.165) is 0 Å². The zero-order valence-electron chi connectivity index (χ0n) is 15.9. The van der Waals surface area contributed by atoms with E-state index in [0.29, 0.717) is 26.9 Å². The van der Waals surface area contributed by atoms with Crippen LogP contribution in [0.5, 0.6) is 11.5 Å². The van der Waals surface area contributed by atoms with Gasteiger partial charge in [0.05, 0.1) is 6.42 Å². The molecule has 0 fully saturated rings. The highest BCUT2D eigenvalue weighted by Crippen LogP contribution is 2.35. The highest BCUT2D eigenvalue weighted by molar-refractivity contribution is 7.89. The van der Waals surface area contributed by atoms with Crippen LogP contribution in [0.25, 0.3) is 0 Å². The van der Waals surface area contributed by atoms with Crippen molar-refractivity contribution in [3.05, 3.63) is 81.8 Å². The van der Waals surface area contributed by atoms with E-state index in [4.69, 9.17) is 33.1 Å². The van der Waals surface area contributed by atoms with E-state index in [1.807, 2.05) is 0 Å². The number of primary sulfonamides is 1. The van der Waals surface area contributed by atoms with Gasteiger partial charge in [0, 0.05) is 15.7 Å². The fourth-order valence-corrected chi connectivity index (χ4v) is 3.96. The molecule has 0 atom stereocenters. The summed E-state index contributed by atoms with van der Waals surface area (Å²) in [6, 6.07) is 16.4. The molecule has 30 heavy (non-hydrogen) atoms. The van der Waals surface area contributed by atoms with Crippen LogP contribution >= 0.6 is 23.2 Å². The first-order valence-electron chi connectivity index (χ1n) is 8.77. The Hall–Kier alpha value is -2.58. The summed E-state index contributed by atoms with van der Waals surface area (Å²) >= 11 is 12.0. The summed E-state index contributed by atoms with van der Waals surface area (Å²) in [5.41, 5.74) is 1.39. The van der Waals surface area contributed by atoms with Crippen molar-refractivity contribution >= 4 is 44.8 Å². The van der Waals surface area contributed by atoms with Crippen LogP contribution < -0.4 is 15.2 Å². The third-order valence-electron chi connectivity index (χ3n) is 4.16. The maximum Gasteiger partial charge on any atom is 0.241 e. The van der Waals surface area contributed by atoms with Gasteiger partial charge in [-0.05, 0) is 54.4 Å². The van der Waals surface area contributed by atoms with Crippen LogP contribution in [-0.2, 0) is 21.2 Å². The van der Waals surface area contributed by atoms with Gasteiger partial charge in [0.25, 0.3) is 0 Å². The molecule has 9 heteroatoms. The number of amides is 1. The number of nitrogens with one attached hydrogen (secondary N) is 1. The fourth-order valence-electron chi connectivity index (χ4n) is 2.82. The number of anilines is 1. The highest BCUT2D eigenvalue weighted by Gasteiger charge is 2.21. The second kappa shape index (κ2) is 9.06. The Morgan fingerprint density at radius 3 is 2.47 bits per heavy atom. The quantitative estimate of drug-likeness (QED) is 0.540. The summed E-state index contributed by atoms with van der Waals surface area (Å²) in [6.45, 7) is 1.65. The number of hydrogen-bond acceptors (Lipinski definition) is 4. The van der Waals surface area contributed by atoms with E-state index in [2.05, 4.69) is 5.32 Å². The molecule has 0 radical (unpaired) electrons. The van der Waals surface area contributed by atoms with Gasteiger partial charge >= 0.3 is 0 Å². The van der Waals surface area contributed by atoms with Crippen molar-refractivity contribution in [1.29, 1.82) is 0 Å². The molecule has 3 aromatic carbocycles. The lowest BCUT2D eigenvalue weighted by Gasteiger charge is -2.15. The van der Waals surface area contributed by atoms with E-state index in [1.165, 1.54) is 6.07 Å². The number of sulfonamides is 1. The molecule has 3 N–H and O–H groups in total. The molecule has 0 saturated heterocycles. The molecular formula is C21H18Cl2N2O4S. The van der Waals surface area contributed by atoms with Gasteiger partial charge in [0.1, 0.15) is 10.6 Å². The molecular weight excluding hydrogens is 447 g/mol. The number of halogens is 2. The molecule has 0 heterocycles. The summed E-state index contributed by atoms with van der Waals surface area (Å²) in [5.74, 6) is 0.0567. The highest BCUT2D eigenvalue weighted by atomic mass is 35.5. The number of carbonyl (C=O) groups is 1. The minimum absolute atomic E-state index is 0.0319. The Bertz CT molecular complexity index is 1210. The Morgan fingerprint density at radius 2 is 1.80 bits per heavy atom. The second-order valence-electron chi connectivity index (χ2n) is 6.54. The van der Waals surface area contributed by atoms with Gasteiger partial charge in [-0.15, -0.1) is 0 Å². The van der Waals surface area contributed by atoms with Crippen molar-refractivity contribution < 1.29 is 17.9 Å². The van der Waals surface area contributed by atoms with E-state index in [9.17, 15) is 13.2 Å². The monoisotopic (exact) mass is 464 g/mol. The molecule has 0 aliphatic rings. The van der Waals surface area contributed by atoms with Crippen molar-refractivity contribution in [3.63, 3.8) is 0 Å². The topological polar surface area (TPSA) is 98.5 Å². The molecule has 3 aromatic rings. The number of hydrogen-bond donors (Lipinski definition) is 2. The van der Waals surface area contributed by atoms with Gasteiger partial charge in [-0.2, -0.15) is 0 Å². The van der Waals surface area contributed by atoms with Crippen LogP contribution in [0.4, 0.5) is 5.69 Å². The van der Waals surface area contributed by atoms with Gasteiger partial charge in [-0.1, -0.05) is 47.5 Å². The van der Waals surface area contributed by atoms with E-state index < -0.39 is 10.0 Å². The third kappa shape index (κ3) is 5.52. The van der Waals surface area contributed by atoms with Crippen molar-refractivity contribution in [2.24, 2.45) is 5.14 Å². The van der Waals surface area contributed by atoms with Gasteiger partial charge in [-0.25, -0.2) is 13.6 Å². The number of rotatable bonds is 6. The average molecular weight is 465 g/mol. The molecule has 3 rings (SSSR count). The average Bonchev–Trinajstić information content (AvgIpc) is 2.65. The SMILES string of the molecule is Cc1cc(NC(=O)Cc2ccccc2Cl)cc(S(N)(=O)=O)c1Oc1cccc(Cl)c1. The second-order valence-corrected chi connectivity index (χ2v) is 8.91. The number of nitrogens with two attached hydrogens (primary N) is 1. The maximum atomic E-state index is 12.4. The van der Waals surface area contributed by atoms with Crippen LogP contribution in [0, 0.1) is 6.92 Å². The maximum absolute atomic E-state index is 12.4. The minimum Gasteiger partial charge on any atom is -0.456 e. The molecule has 0 unspecified atom stereocenters. The lowest BCUT2D eigenvalue weighted by Crippen LogP contribution is -2.17. The number of ether oxygens (including phenoxy) is 1. The van der Waals surface area contributed by atoms with Crippen LogP contribution in [0.15, 0.2) is 65.6 Å². The van der Waals surface area contributed by atoms with Gasteiger partial charge in [0.15, 0.2) is 5.75 Å². The molecule has 0 aromatic heterocycles. The molecule has 6 nitrogen and oxygen atoms in total. The molecule has 0 aliphatic carbocycles. The minimum atomic E-state index is -4.14. The van der Waals surface area contributed by atoms with E-state index in [-0.39, 0.29) is 28.7 Å². The zero-order valence-corrected chi connectivity index (χ0v) is 18.2.